The number of methoxy groups -OCH3 is 1. The Morgan fingerprint density at radius 1 is 1.31 bits per heavy atom. The molecule has 8 heteroatoms. The molecule has 0 spiro atoms. The molecule has 0 aromatic carbocycles. The molecule has 1 N–H and O–H groups in total. The summed E-state index contributed by atoms with van der Waals surface area (Å²) in [5.41, 5.74) is 0. The molecule has 144 valence electrons. The van der Waals surface area contributed by atoms with Crippen LogP contribution in [0, 0.1) is 5.92 Å². The quantitative estimate of drug-likeness (QED) is 0.788. The Kier molecular flexibility index (Phi) is 6.60. The minimum Gasteiger partial charge on any atom is -0.383 e. The van der Waals surface area contributed by atoms with E-state index in [1.165, 1.54) is 19.3 Å². The minimum absolute atomic E-state index is 0.0156. The maximum atomic E-state index is 12.6. The number of hydrogen-bond donors (Lipinski definition) is 1. The van der Waals surface area contributed by atoms with Gasteiger partial charge in [-0.15, -0.1) is 10.2 Å². The van der Waals surface area contributed by atoms with Crippen LogP contribution in [0.15, 0.2) is 6.33 Å². The number of piperidine rings is 1. The van der Waals surface area contributed by atoms with Gasteiger partial charge < -0.3 is 19.5 Å². The average Bonchev–Trinajstić information content (AvgIpc) is 3.15. The molecule has 2 amide bonds. The van der Waals surface area contributed by atoms with E-state index in [4.69, 9.17) is 4.74 Å². The molecule has 1 saturated heterocycles. The van der Waals surface area contributed by atoms with Gasteiger partial charge in [-0.25, -0.2) is 0 Å². The highest BCUT2D eigenvalue weighted by atomic mass is 16.5. The Morgan fingerprint density at radius 3 is 2.88 bits per heavy atom. The zero-order chi connectivity index (χ0) is 18.4. The van der Waals surface area contributed by atoms with Crippen molar-refractivity contribution < 1.29 is 14.3 Å². The summed E-state index contributed by atoms with van der Waals surface area (Å²) >= 11 is 0. The van der Waals surface area contributed by atoms with Crippen molar-refractivity contribution in [2.45, 2.75) is 57.5 Å². The highest BCUT2D eigenvalue weighted by Crippen LogP contribution is 2.28. The molecule has 1 aliphatic carbocycles. The zero-order valence-corrected chi connectivity index (χ0v) is 15.5. The Balaban J connectivity index is 1.52. The number of carbonyl (C=O) groups is 2. The molecule has 1 atom stereocenters. The number of carbonyl (C=O) groups excluding carboxylic acids is 2. The molecule has 1 aromatic rings. The second kappa shape index (κ2) is 9.12. The van der Waals surface area contributed by atoms with Crippen molar-refractivity contribution in [3.63, 3.8) is 0 Å². The molecular formula is C18H29N5O3. The van der Waals surface area contributed by atoms with Gasteiger partial charge in [0.25, 0.3) is 0 Å². The van der Waals surface area contributed by atoms with Crippen molar-refractivity contribution in [1.82, 2.24) is 25.0 Å². The molecule has 1 saturated carbocycles. The summed E-state index contributed by atoms with van der Waals surface area (Å²) in [7, 11) is 1.61. The molecule has 1 aromatic heterocycles. The van der Waals surface area contributed by atoms with Gasteiger partial charge >= 0.3 is 0 Å². The van der Waals surface area contributed by atoms with Crippen LogP contribution in [0.25, 0.3) is 0 Å². The first-order chi connectivity index (χ1) is 12.7. The third-order valence-electron chi connectivity index (χ3n) is 5.47. The number of likely N-dealkylation sites (tertiary alicyclic amines) is 1. The summed E-state index contributed by atoms with van der Waals surface area (Å²) in [6.07, 6.45) is 8.87. The molecule has 1 aliphatic heterocycles. The van der Waals surface area contributed by atoms with E-state index in [0.717, 1.165) is 18.7 Å². The predicted octanol–water partition coefficient (Wildman–Crippen LogP) is 1.28. The second-order valence-electron chi connectivity index (χ2n) is 7.23. The molecule has 8 nitrogen and oxygen atoms in total. The van der Waals surface area contributed by atoms with Crippen LogP contribution in [-0.2, 0) is 20.9 Å². The van der Waals surface area contributed by atoms with Crippen LogP contribution < -0.4 is 5.32 Å². The van der Waals surface area contributed by atoms with Crippen LogP contribution in [0.5, 0.6) is 0 Å². The van der Waals surface area contributed by atoms with E-state index in [1.54, 1.807) is 18.3 Å². The highest BCUT2D eigenvalue weighted by Gasteiger charge is 2.30. The molecule has 3 rings (SSSR count). The standard InChI is InChI=1S/C18H29N5O3/c1-26-10-9-22-12-14(7-8-17(22)24)18(25)19-11-16-21-20-13-23(16)15-5-3-2-4-6-15/h13-15H,2-12H2,1H3,(H,19,25). The average molecular weight is 363 g/mol. The third kappa shape index (κ3) is 4.60. The monoisotopic (exact) mass is 363 g/mol. The van der Waals surface area contributed by atoms with Gasteiger partial charge in [0.2, 0.25) is 11.8 Å². The van der Waals surface area contributed by atoms with E-state index in [-0.39, 0.29) is 17.7 Å². The lowest BCUT2D eigenvalue weighted by atomic mass is 9.95. The van der Waals surface area contributed by atoms with Gasteiger partial charge in [0.15, 0.2) is 5.82 Å². The van der Waals surface area contributed by atoms with Crippen LogP contribution in [0.3, 0.4) is 0 Å². The lowest BCUT2D eigenvalue weighted by Crippen LogP contribution is -2.46. The zero-order valence-electron chi connectivity index (χ0n) is 15.5. The fourth-order valence-electron chi connectivity index (χ4n) is 3.91. The lowest BCUT2D eigenvalue weighted by molar-refractivity contribution is -0.139. The minimum atomic E-state index is -0.171. The Bertz CT molecular complexity index is 612. The van der Waals surface area contributed by atoms with E-state index in [0.29, 0.717) is 45.1 Å². The van der Waals surface area contributed by atoms with E-state index in [9.17, 15) is 9.59 Å². The van der Waals surface area contributed by atoms with Crippen molar-refractivity contribution in [3.05, 3.63) is 12.2 Å². The Morgan fingerprint density at radius 2 is 2.12 bits per heavy atom. The topological polar surface area (TPSA) is 89.3 Å². The van der Waals surface area contributed by atoms with Gasteiger partial charge in [-0.1, -0.05) is 19.3 Å². The number of nitrogens with zero attached hydrogens (tertiary/aromatic N) is 4. The highest BCUT2D eigenvalue weighted by molar-refractivity contribution is 5.83. The first-order valence-corrected chi connectivity index (χ1v) is 9.62. The van der Waals surface area contributed by atoms with Crippen molar-refractivity contribution in [3.8, 4) is 0 Å². The van der Waals surface area contributed by atoms with Crippen LogP contribution in [0.2, 0.25) is 0 Å². The fourth-order valence-corrected chi connectivity index (χ4v) is 3.91. The van der Waals surface area contributed by atoms with Gasteiger partial charge in [0, 0.05) is 32.7 Å². The Labute approximate surface area is 154 Å². The normalized spacial score (nSPS) is 21.8. The molecular weight excluding hydrogens is 334 g/mol. The molecule has 0 bridgehead atoms. The number of amides is 2. The lowest BCUT2D eigenvalue weighted by Gasteiger charge is -2.31. The summed E-state index contributed by atoms with van der Waals surface area (Å²) < 4.78 is 7.16. The number of aromatic nitrogens is 3. The van der Waals surface area contributed by atoms with Crippen molar-refractivity contribution in [2.75, 3.05) is 26.8 Å². The molecule has 0 radical (unpaired) electrons. The third-order valence-corrected chi connectivity index (χ3v) is 5.47. The predicted molar refractivity (Wildman–Crippen MR) is 95.2 cm³/mol. The van der Waals surface area contributed by atoms with E-state index < -0.39 is 0 Å². The Hall–Kier alpha value is -1.96. The van der Waals surface area contributed by atoms with Crippen molar-refractivity contribution >= 4 is 11.8 Å². The summed E-state index contributed by atoms with van der Waals surface area (Å²) in [6, 6.07) is 0.447. The van der Waals surface area contributed by atoms with Gasteiger partial charge in [0.1, 0.15) is 6.33 Å². The van der Waals surface area contributed by atoms with E-state index in [2.05, 4.69) is 20.1 Å². The second-order valence-corrected chi connectivity index (χ2v) is 7.23. The van der Waals surface area contributed by atoms with Crippen LogP contribution >= 0.6 is 0 Å². The van der Waals surface area contributed by atoms with Crippen LogP contribution in [0.1, 0.15) is 56.8 Å². The summed E-state index contributed by atoms with van der Waals surface area (Å²) in [5, 5.41) is 11.2. The molecule has 2 aliphatic rings. The number of nitrogens with one attached hydrogen (secondary N) is 1. The van der Waals surface area contributed by atoms with Crippen LogP contribution in [0.4, 0.5) is 0 Å². The first kappa shape index (κ1) is 18.8. The van der Waals surface area contributed by atoms with E-state index >= 15 is 0 Å². The summed E-state index contributed by atoms with van der Waals surface area (Å²) in [6.45, 7) is 1.88. The smallest absolute Gasteiger partial charge is 0.225 e. The summed E-state index contributed by atoms with van der Waals surface area (Å²) in [4.78, 5) is 26.2. The molecule has 26 heavy (non-hydrogen) atoms. The van der Waals surface area contributed by atoms with Gasteiger partial charge in [-0.3, -0.25) is 9.59 Å². The largest absolute Gasteiger partial charge is 0.383 e. The first-order valence-electron chi connectivity index (χ1n) is 9.62. The summed E-state index contributed by atoms with van der Waals surface area (Å²) in [5.74, 6) is 0.727. The number of ether oxygens (including phenoxy) is 1. The van der Waals surface area contributed by atoms with Crippen molar-refractivity contribution in [2.24, 2.45) is 5.92 Å². The van der Waals surface area contributed by atoms with Gasteiger partial charge in [0.05, 0.1) is 19.1 Å². The molecule has 2 fully saturated rings. The van der Waals surface area contributed by atoms with Crippen LogP contribution in [-0.4, -0.2) is 58.3 Å². The SMILES string of the molecule is COCCN1CC(C(=O)NCc2nncn2C2CCCCC2)CCC1=O. The fraction of sp³-hybridized carbons (Fsp3) is 0.778. The van der Waals surface area contributed by atoms with E-state index in [1.807, 2.05) is 0 Å². The maximum Gasteiger partial charge on any atom is 0.225 e. The number of hydrogen-bond acceptors (Lipinski definition) is 5. The molecule has 2 heterocycles. The number of rotatable bonds is 7. The maximum absolute atomic E-state index is 12.6. The van der Waals surface area contributed by atoms with Gasteiger partial charge in [-0.2, -0.15) is 0 Å². The molecule has 1 unspecified atom stereocenters. The van der Waals surface area contributed by atoms with Crippen molar-refractivity contribution in [1.29, 1.82) is 0 Å². The van der Waals surface area contributed by atoms with Gasteiger partial charge in [-0.05, 0) is 19.3 Å².